The fourth-order valence-corrected chi connectivity index (χ4v) is 3.25. The van der Waals surface area contributed by atoms with Crippen molar-refractivity contribution in [1.82, 2.24) is 14.2 Å². The average molecular weight is 379 g/mol. The minimum atomic E-state index is -0.593. The summed E-state index contributed by atoms with van der Waals surface area (Å²) >= 11 is 0.956. The zero-order chi connectivity index (χ0) is 19.3. The minimum absolute atomic E-state index is 0.216. The molecule has 0 saturated heterocycles. The SMILES string of the molecule is CCc1nnsc1C(=O)OCC(=O)c1cc(C)n(CCC(=O)OC)c1C. The highest BCUT2D eigenvalue weighted by atomic mass is 32.1. The smallest absolute Gasteiger partial charge is 0.352 e. The summed E-state index contributed by atoms with van der Waals surface area (Å²) in [6, 6.07) is 1.73. The minimum Gasteiger partial charge on any atom is -0.469 e. The molecule has 8 nitrogen and oxygen atoms in total. The molecule has 2 aromatic rings. The number of aromatic nitrogens is 3. The lowest BCUT2D eigenvalue weighted by molar-refractivity contribution is -0.140. The van der Waals surface area contributed by atoms with Crippen molar-refractivity contribution in [3.8, 4) is 0 Å². The van der Waals surface area contributed by atoms with Crippen LogP contribution in [-0.2, 0) is 27.2 Å². The number of Topliss-reactive ketones (excluding diaryl/α,β-unsaturated/α-hetero) is 1. The van der Waals surface area contributed by atoms with Gasteiger partial charge in [-0.3, -0.25) is 9.59 Å². The Balaban J connectivity index is 2.03. The number of ether oxygens (including phenoxy) is 2. The van der Waals surface area contributed by atoms with Crippen LogP contribution in [-0.4, -0.2) is 45.6 Å². The lowest BCUT2D eigenvalue weighted by Crippen LogP contribution is -2.15. The van der Waals surface area contributed by atoms with Crippen molar-refractivity contribution in [2.45, 2.75) is 40.2 Å². The molecule has 2 aromatic heterocycles. The molecule has 26 heavy (non-hydrogen) atoms. The number of hydrogen-bond acceptors (Lipinski definition) is 8. The first-order chi connectivity index (χ1) is 12.4. The van der Waals surface area contributed by atoms with Crippen molar-refractivity contribution in [2.24, 2.45) is 0 Å². The Labute approximate surface area is 155 Å². The first kappa shape index (κ1) is 19.8. The Morgan fingerprint density at radius 2 is 2.00 bits per heavy atom. The largest absolute Gasteiger partial charge is 0.469 e. The second-order valence-corrected chi connectivity index (χ2v) is 6.42. The second-order valence-electron chi connectivity index (χ2n) is 5.66. The molecule has 0 aliphatic heterocycles. The number of aryl methyl sites for hydroxylation is 2. The monoisotopic (exact) mass is 379 g/mol. The lowest BCUT2D eigenvalue weighted by Gasteiger charge is -2.09. The van der Waals surface area contributed by atoms with Gasteiger partial charge in [0.15, 0.2) is 11.5 Å². The molecule has 0 unspecified atom stereocenters. The number of nitrogens with zero attached hydrogens (tertiary/aromatic N) is 3. The number of ketones is 1. The Morgan fingerprint density at radius 3 is 2.65 bits per heavy atom. The number of carbonyl (C=O) groups excluding carboxylic acids is 3. The van der Waals surface area contributed by atoms with Crippen molar-refractivity contribution in [2.75, 3.05) is 13.7 Å². The van der Waals surface area contributed by atoms with Crippen LogP contribution in [0, 0.1) is 13.8 Å². The van der Waals surface area contributed by atoms with Crippen LogP contribution in [0.15, 0.2) is 6.07 Å². The quantitative estimate of drug-likeness (QED) is 0.511. The van der Waals surface area contributed by atoms with Gasteiger partial charge < -0.3 is 14.0 Å². The molecule has 0 radical (unpaired) electrons. The predicted molar refractivity (Wildman–Crippen MR) is 94.4 cm³/mol. The zero-order valence-corrected chi connectivity index (χ0v) is 16.0. The maximum Gasteiger partial charge on any atom is 0.352 e. The molecule has 0 amide bonds. The fourth-order valence-electron chi connectivity index (χ4n) is 2.60. The van der Waals surface area contributed by atoms with Crippen LogP contribution in [0.4, 0.5) is 0 Å². The summed E-state index contributed by atoms with van der Waals surface area (Å²) in [5.74, 6) is -1.21. The van der Waals surface area contributed by atoms with E-state index in [9.17, 15) is 14.4 Å². The van der Waals surface area contributed by atoms with Gasteiger partial charge in [-0.05, 0) is 37.9 Å². The summed E-state index contributed by atoms with van der Waals surface area (Å²) in [4.78, 5) is 36.2. The van der Waals surface area contributed by atoms with Gasteiger partial charge in [-0.2, -0.15) is 0 Å². The van der Waals surface area contributed by atoms with Crippen molar-refractivity contribution >= 4 is 29.3 Å². The van der Waals surface area contributed by atoms with E-state index in [1.54, 1.807) is 13.0 Å². The molecule has 0 atom stereocenters. The van der Waals surface area contributed by atoms with E-state index in [0.29, 0.717) is 29.1 Å². The predicted octanol–water partition coefficient (Wildman–Crippen LogP) is 2.12. The van der Waals surface area contributed by atoms with Gasteiger partial charge in [-0.15, -0.1) is 5.10 Å². The highest BCUT2D eigenvalue weighted by Crippen LogP contribution is 2.18. The molecule has 2 rings (SSSR count). The summed E-state index contributed by atoms with van der Waals surface area (Å²) in [5, 5.41) is 3.85. The Bertz CT molecular complexity index is 824. The van der Waals surface area contributed by atoms with Crippen LogP contribution >= 0.6 is 11.5 Å². The van der Waals surface area contributed by atoms with Crippen molar-refractivity contribution < 1.29 is 23.9 Å². The van der Waals surface area contributed by atoms with Gasteiger partial charge in [0.1, 0.15) is 0 Å². The highest BCUT2D eigenvalue weighted by molar-refractivity contribution is 7.07. The number of rotatable bonds is 8. The van der Waals surface area contributed by atoms with Gasteiger partial charge >= 0.3 is 11.9 Å². The lowest BCUT2D eigenvalue weighted by atomic mass is 10.1. The molecule has 0 aromatic carbocycles. The molecular formula is C17H21N3O5S. The molecule has 9 heteroatoms. The maximum atomic E-state index is 12.4. The fraction of sp³-hybridized carbons (Fsp3) is 0.471. The third-order valence-corrected chi connectivity index (χ3v) is 4.80. The summed E-state index contributed by atoms with van der Waals surface area (Å²) in [6.07, 6.45) is 0.782. The zero-order valence-electron chi connectivity index (χ0n) is 15.2. The van der Waals surface area contributed by atoms with Crippen LogP contribution in [0.5, 0.6) is 0 Å². The molecule has 0 spiro atoms. The van der Waals surface area contributed by atoms with E-state index in [1.165, 1.54) is 7.11 Å². The summed E-state index contributed by atoms with van der Waals surface area (Å²) in [6.45, 7) is 5.57. The number of esters is 2. The number of hydrogen-bond donors (Lipinski definition) is 0. The summed E-state index contributed by atoms with van der Waals surface area (Å²) in [5.41, 5.74) is 2.61. The van der Waals surface area contributed by atoms with E-state index in [0.717, 1.165) is 22.9 Å². The van der Waals surface area contributed by atoms with Crippen molar-refractivity contribution in [1.29, 1.82) is 0 Å². The van der Waals surface area contributed by atoms with Crippen LogP contribution < -0.4 is 0 Å². The van der Waals surface area contributed by atoms with Crippen LogP contribution in [0.25, 0.3) is 0 Å². The third-order valence-electron chi connectivity index (χ3n) is 4.05. The van der Waals surface area contributed by atoms with E-state index in [4.69, 9.17) is 4.74 Å². The summed E-state index contributed by atoms with van der Waals surface area (Å²) in [7, 11) is 1.34. The van der Waals surface area contributed by atoms with Crippen LogP contribution in [0.3, 0.4) is 0 Å². The van der Waals surface area contributed by atoms with E-state index in [2.05, 4.69) is 14.3 Å². The molecule has 0 bridgehead atoms. The topological polar surface area (TPSA) is 100 Å². The Morgan fingerprint density at radius 1 is 1.27 bits per heavy atom. The van der Waals surface area contributed by atoms with E-state index < -0.39 is 5.97 Å². The summed E-state index contributed by atoms with van der Waals surface area (Å²) < 4.78 is 15.4. The van der Waals surface area contributed by atoms with Crippen molar-refractivity contribution in [3.63, 3.8) is 0 Å². The number of methoxy groups -OCH3 is 1. The van der Waals surface area contributed by atoms with E-state index in [-0.39, 0.29) is 24.8 Å². The Hall–Kier alpha value is -2.55. The van der Waals surface area contributed by atoms with Crippen LogP contribution in [0.2, 0.25) is 0 Å². The molecule has 0 N–H and O–H groups in total. The normalized spacial score (nSPS) is 10.6. The first-order valence-electron chi connectivity index (χ1n) is 8.14. The van der Waals surface area contributed by atoms with Gasteiger partial charge in [0.2, 0.25) is 5.78 Å². The van der Waals surface area contributed by atoms with Gasteiger partial charge in [0.05, 0.1) is 19.2 Å². The highest BCUT2D eigenvalue weighted by Gasteiger charge is 2.21. The molecule has 0 aliphatic rings. The van der Waals surface area contributed by atoms with Crippen LogP contribution in [0.1, 0.15) is 50.5 Å². The van der Waals surface area contributed by atoms with E-state index >= 15 is 0 Å². The van der Waals surface area contributed by atoms with Gasteiger partial charge in [-0.25, -0.2) is 4.79 Å². The van der Waals surface area contributed by atoms with Crippen molar-refractivity contribution in [3.05, 3.63) is 33.6 Å². The molecule has 0 fully saturated rings. The van der Waals surface area contributed by atoms with Gasteiger partial charge in [-0.1, -0.05) is 11.4 Å². The van der Waals surface area contributed by atoms with E-state index in [1.807, 2.05) is 18.4 Å². The molecular weight excluding hydrogens is 358 g/mol. The maximum absolute atomic E-state index is 12.4. The average Bonchev–Trinajstić information content (AvgIpc) is 3.22. The Kier molecular flexibility index (Phi) is 6.62. The number of carbonyl (C=O) groups is 3. The molecule has 2 heterocycles. The second kappa shape index (κ2) is 8.70. The van der Waals surface area contributed by atoms with Gasteiger partial charge in [0, 0.05) is 23.5 Å². The first-order valence-corrected chi connectivity index (χ1v) is 8.91. The molecule has 0 saturated carbocycles. The standard InChI is InChI=1S/C17H21N3O5S/c1-5-13-16(26-19-18-13)17(23)25-9-14(21)12-8-10(2)20(11(12)3)7-6-15(22)24-4/h8H,5-7,9H2,1-4H3. The molecule has 0 aliphatic carbocycles. The third kappa shape index (κ3) is 4.34. The molecule has 140 valence electrons. The van der Waals surface area contributed by atoms with Gasteiger partial charge in [0.25, 0.3) is 0 Å².